The zero-order valence-electron chi connectivity index (χ0n) is 12.4. The van der Waals surface area contributed by atoms with Gasteiger partial charge in [-0.2, -0.15) is 5.26 Å². The highest BCUT2D eigenvalue weighted by Crippen LogP contribution is 2.18. The number of likely N-dealkylation sites (tertiary alicyclic amines) is 1. The van der Waals surface area contributed by atoms with Crippen molar-refractivity contribution in [2.24, 2.45) is 0 Å². The summed E-state index contributed by atoms with van der Waals surface area (Å²) in [5, 5.41) is 12.5. The Morgan fingerprint density at radius 2 is 2.22 bits per heavy atom. The molecule has 0 aromatic rings. The van der Waals surface area contributed by atoms with E-state index < -0.39 is 5.54 Å². The van der Waals surface area contributed by atoms with Crippen LogP contribution in [0.3, 0.4) is 0 Å². The standard InChI is InChI=1S/C14H28N4/c1-5-16-14(3,11-15)12-17(4)10-13-8-7-9-18(13)6-2/h13,16H,5-10,12H2,1-4H3. The van der Waals surface area contributed by atoms with Crippen LogP contribution in [0.4, 0.5) is 0 Å². The second-order valence-electron chi connectivity index (χ2n) is 5.60. The number of likely N-dealkylation sites (N-methyl/N-ethyl adjacent to an activating group) is 3. The lowest BCUT2D eigenvalue weighted by atomic mass is 10.0. The van der Waals surface area contributed by atoms with Crippen molar-refractivity contribution in [1.82, 2.24) is 15.1 Å². The number of nitrogens with zero attached hydrogens (tertiary/aromatic N) is 3. The van der Waals surface area contributed by atoms with E-state index in [0.717, 1.165) is 26.2 Å². The van der Waals surface area contributed by atoms with Crippen molar-refractivity contribution >= 4 is 0 Å². The predicted octanol–water partition coefficient (Wildman–Crippen LogP) is 1.29. The molecule has 18 heavy (non-hydrogen) atoms. The lowest BCUT2D eigenvalue weighted by Gasteiger charge is -2.32. The van der Waals surface area contributed by atoms with E-state index in [-0.39, 0.29) is 0 Å². The van der Waals surface area contributed by atoms with E-state index in [1.165, 1.54) is 19.4 Å². The van der Waals surface area contributed by atoms with Gasteiger partial charge in [0.25, 0.3) is 0 Å². The number of hydrogen-bond acceptors (Lipinski definition) is 4. The highest BCUT2D eigenvalue weighted by Gasteiger charge is 2.28. The van der Waals surface area contributed by atoms with Crippen LogP contribution in [-0.2, 0) is 0 Å². The molecule has 1 aliphatic rings. The summed E-state index contributed by atoms with van der Waals surface area (Å²) in [4.78, 5) is 4.85. The van der Waals surface area contributed by atoms with Crippen LogP contribution in [0.25, 0.3) is 0 Å². The first kappa shape index (κ1) is 15.4. The zero-order chi connectivity index (χ0) is 13.6. The Morgan fingerprint density at radius 3 is 2.78 bits per heavy atom. The highest BCUT2D eigenvalue weighted by molar-refractivity contribution is 5.05. The fraction of sp³-hybridized carbons (Fsp3) is 0.929. The first-order chi connectivity index (χ1) is 8.54. The number of rotatable bonds is 7. The summed E-state index contributed by atoms with van der Waals surface area (Å²) in [6.45, 7) is 11.3. The average Bonchev–Trinajstić information content (AvgIpc) is 2.76. The summed E-state index contributed by atoms with van der Waals surface area (Å²) in [5.74, 6) is 0. The Labute approximate surface area is 112 Å². The summed E-state index contributed by atoms with van der Waals surface area (Å²) >= 11 is 0. The first-order valence-corrected chi connectivity index (χ1v) is 7.13. The molecule has 0 aromatic heterocycles. The minimum atomic E-state index is -0.431. The minimum Gasteiger partial charge on any atom is -0.302 e. The van der Waals surface area contributed by atoms with E-state index in [0.29, 0.717) is 6.04 Å². The van der Waals surface area contributed by atoms with Gasteiger partial charge in [-0.1, -0.05) is 13.8 Å². The van der Waals surface area contributed by atoms with Gasteiger partial charge in [-0.25, -0.2) is 0 Å². The van der Waals surface area contributed by atoms with Gasteiger partial charge in [0.1, 0.15) is 5.54 Å². The molecule has 2 unspecified atom stereocenters. The third-order valence-electron chi connectivity index (χ3n) is 3.83. The van der Waals surface area contributed by atoms with Gasteiger partial charge in [0.15, 0.2) is 0 Å². The van der Waals surface area contributed by atoms with Crippen LogP contribution in [-0.4, -0.2) is 61.2 Å². The molecule has 0 saturated carbocycles. The van der Waals surface area contributed by atoms with Gasteiger partial charge in [-0.3, -0.25) is 10.2 Å². The van der Waals surface area contributed by atoms with E-state index >= 15 is 0 Å². The molecule has 1 saturated heterocycles. The van der Waals surface area contributed by atoms with Crippen molar-refractivity contribution < 1.29 is 0 Å². The Balaban J connectivity index is 2.45. The lowest BCUT2D eigenvalue weighted by molar-refractivity contribution is 0.179. The van der Waals surface area contributed by atoms with Crippen molar-refractivity contribution in [2.45, 2.75) is 45.2 Å². The number of nitrogens with one attached hydrogen (secondary N) is 1. The van der Waals surface area contributed by atoms with E-state index in [4.69, 9.17) is 0 Å². The second kappa shape index (κ2) is 7.08. The van der Waals surface area contributed by atoms with Crippen LogP contribution in [0.5, 0.6) is 0 Å². The number of hydrogen-bond donors (Lipinski definition) is 1. The van der Waals surface area contributed by atoms with Gasteiger partial charge >= 0.3 is 0 Å². The molecule has 1 N–H and O–H groups in total. The minimum absolute atomic E-state index is 0.431. The molecule has 0 aromatic carbocycles. The fourth-order valence-corrected chi connectivity index (χ4v) is 3.00. The molecule has 104 valence electrons. The molecular weight excluding hydrogens is 224 g/mol. The molecular formula is C14H28N4. The van der Waals surface area contributed by atoms with Crippen molar-refractivity contribution in [2.75, 3.05) is 39.8 Å². The monoisotopic (exact) mass is 252 g/mol. The SMILES string of the molecule is CCNC(C)(C#N)CN(C)CC1CCCN1CC. The Hall–Kier alpha value is -0.630. The molecule has 1 heterocycles. The van der Waals surface area contributed by atoms with Crippen molar-refractivity contribution in [3.05, 3.63) is 0 Å². The van der Waals surface area contributed by atoms with E-state index in [1.54, 1.807) is 0 Å². The molecule has 0 bridgehead atoms. The van der Waals surface area contributed by atoms with Crippen molar-refractivity contribution in [3.63, 3.8) is 0 Å². The van der Waals surface area contributed by atoms with Gasteiger partial charge in [0, 0.05) is 19.1 Å². The van der Waals surface area contributed by atoms with Crippen LogP contribution in [0.15, 0.2) is 0 Å². The summed E-state index contributed by atoms with van der Waals surface area (Å²) in [7, 11) is 2.12. The molecule has 4 nitrogen and oxygen atoms in total. The van der Waals surface area contributed by atoms with Crippen LogP contribution >= 0.6 is 0 Å². The zero-order valence-corrected chi connectivity index (χ0v) is 12.4. The predicted molar refractivity (Wildman–Crippen MR) is 75.5 cm³/mol. The van der Waals surface area contributed by atoms with Gasteiger partial charge in [-0.05, 0) is 46.4 Å². The molecule has 1 rings (SSSR count). The van der Waals surface area contributed by atoms with Crippen molar-refractivity contribution in [3.8, 4) is 6.07 Å². The maximum absolute atomic E-state index is 9.27. The molecule has 2 atom stereocenters. The molecule has 1 fully saturated rings. The molecule has 0 amide bonds. The normalized spacial score (nSPS) is 24.1. The van der Waals surface area contributed by atoms with Gasteiger partial charge in [-0.15, -0.1) is 0 Å². The van der Waals surface area contributed by atoms with Crippen LogP contribution < -0.4 is 5.32 Å². The topological polar surface area (TPSA) is 42.3 Å². The Morgan fingerprint density at radius 1 is 1.50 bits per heavy atom. The van der Waals surface area contributed by atoms with Crippen molar-refractivity contribution in [1.29, 1.82) is 5.26 Å². The third kappa shape index (κ3) is 4.24. The molecule has 0 radical (unpaired) electrons. The average molecular weight is 252 g/mol. The highest BCUT2D eigenvalue weighted by atomic mass is 15.2. The smallest absolute Gasteiger partial charge is 0.116 e. The van der Waals surface area contributed by atoms with Crippen LogP contribution in [0.1, 0.15) is 33.6 Å². The summed E-state index contributed by atoms with van der Waals surface area (Å²) in [6, 6.07) is 3.06. The van der Waals surface area contributed by atoms with Crippen LogP contribution in [0.2, 0.25) is 0 Å². The van der Waals surface area contributed by atoms with Gasteiger partial charge in [0.2, 0.25) is 0 Å². The maximum atomic E-state index is 9.27. The van der Waals surface area contributed by atoms with Gasteiger partial charge in [0.05, 0.1) is 6.07 Å². The maximum Gasteiger partial charge on any atom is 0.116 e. The molecule has 0 spiro atoms. The summed E-state index contributed by atoms with van der Waals surface area (Å²) < 4.78 is 0. The van der Waals surface area contributed by atoms with Gasteiger partial charge < -0.3 is 4.90 Å². The van der Waals surface area contributed by atoms with Crippen LogP contribution in [0, 0.1) is 11.3 Å². The lowest BCUT2D eigenvalue weighted by Crippen LogP contribution is -2.51. The summed E-state index contributed by atoms with van der Waals surface area (Å²) in [6.07, 6.45) is 2.61. The second-order valence-corrected chi connectivity index (χ2v) is 5.60. The molecule has 4 heteroatoms. The molecule has 1 aliphatic heterocycles. The van der Waals surface area contributed by atoms with E-state index in [9.17, 15) is 5.26 Å². The largest absolute Gasteiger partial charge is 0.302 e. The van der Waals surface area contributed by atoms with E-state index in [2.05, 4.69) is 35.2 Å². The quantitative estimate of drug-likeness (QED) is 0.741. The Bertz CT molecular complexity index is 286. The summed E-state index contributed by atoms with van der Waals surface area (Å²) in [5.41, 5.74) is -0.431. The van der Waals surface area contributed by atoms with E-state index in [1.807, 2.05) is 13.8 Å². The Kier molecular flexibility index (Phi) is 6.07. The first-order valence-electron chi connectivity index (χ1n) is 7.13. The fourth-order valence-electron chi connectivity index (χ4n) is 3.00. The third-order valence-corrected chi connectivity index (χ3v) is 3.83. The molecule has 0 aliphatic carbocycles. The number of nitriles is 1.